The van der Waals surface area contributed by atoms with Crippen LogP contribution in [0.1, 0.15) is 28.8 Å². The van der Waals surface area contributed by atoms with E-state index in [1.165, 1.54) is 6.20 Å². The van der Waals surface area contributed by atoms with E-state index in [9.17, 15) is 9.59 Å². The van der Waals surface area contributed by atoms with Crippen molar-refractivity contribution in [1.82, 2.24) is 4.98 Å². The summed E-state index contributed by atoms with van der Waals surface area (Å²) in [5.74, 6) is -0.734. The van der Waals surface area contributed by atoms with E-state index in [2.05, 4.69) is 4.98 Å². The number of aromatic nitrogens is 1. The van der Waals surface area contributed by atoms with Gasteiger partial charge in [0, 0.05) is 12.7 Å². The highest BCUT2D eigenvalue weighted by molar-refractivity contribution is 5.88. The molecule has 2 rings (SSSR count). The number of rotatable bonds is 3. The summed E-state index contributed by atoms with van der Waals surface area (Å²) in [4.78, 5) is 28.2. The van der Waals surface area contributed by atoms with Gasteiger partial charge >= 0.3 is 5.97 Å². The molecule has 6 heteroatoms. The molecule has 1 atom stereocenters. The quantitative estimate of drug-likeness (QED) is 0.815. The molecule has 6 nitrogen and oxygen atoms in total. The Morgan fingerprint density at radius 1 is 1.56 bits per heavy atom. The van der Waals surface area contributed by atoms with Crippen LogP contribution in [0.5, 0.6) is 0 Å². The Labute approximate surface area is 104 Å². The van der Waals surface area contributed by atoms with Crippen LogP contribution >= 0.6 is 0 Å². The maximum atomic E-state index is 11.3. The number of amides is 1. The standard InChI is InChI=1S/C12H15N3O3/c1-7-5-8(12(17)18)6-14-11(7)15-4-2-3-9(15)10(13)16/h5-6,9H,2-4H2,1H3,(H2,13,16)(H,17,18). The van der Waals surface area contributed by atoms with Crippen LogP contribution in [-0.4, -0.2) is 34.6 Å². The van der Waals surface area contributed by atoms with E-state index in [1.807, 2.05) is 4.90 Å². The summed E-state index contributed by atoms with van der Waals surface area (Å²) in [5.41, 5.74) is 6.23. The summed E-state index contributed by atoms with van der Waals surface area (Å²) in [6.07, 6.45) is 2.91. The molecule has 0 spiro atoms. The van der Waals surface area contributed by atoms with Crippen molar-refractivity contribution in [2.75, 3.05) is 11.4 Å². The van der Waals surface area contributed by atoms with Crippen molar-refractivity contribution in [3.8, 4) is 0 Å². The number of primary amides is 1. The van der Waals surface area contributed by atoms with Gasteiger partial charge in [0.1, 0.15) is 11.9 Å². The molecule has 0 aromatic carbocycles. The predicted octanol–water partition coefficient (Wildman–Crippen LogP) is 0.542. The van der Waals surface area contributed by atoms with Gasteiger partial charge in [-0.1, -0.05) is 0 Å². The smallest absolute Gasteiger partial charge is 0.337 e. The minimum atomic E-state index is -1.01. The molecule has 18 heavy (non-hydrogen) atoms. The highest BCUT2D eigenvalue weighted by atomic mass is 16.4. The third-order valence-corrected chi connectivity index (χ3v) is 3.15. The zero-order valence-electron chi connectivity index (χ0n) is 10.1. The highest BCUT2D eigenvalue weighted by Gasteiger charge is 2.30. The molecule has 2 heterocycles. The number of carbonyl (C=O) groups excluding carboxylic acids is 1. The van der Waals surface area contributed by atoms with Crippen molar-refractivity contribution < 1.29 is 14.7 Å². The molecule has 96 valence electrons. The van der Waals surface area contributed by atoms with Crippen molar-refractivity contribution in [3.63, 3.8) is 0 Å². The van der Waals surface area contributed by atoms with Crippen LogP contribution in [-0.2, 0) is 4.79 Å². The second-order valence-corrected chi connectivity index (χ2v) is 4.42. The fraction of sp³-hybridized carbons (Fsp3) is 0.417. The first-order chi connectivity index (χ1) is 8.50. The first-order valence-corrected chi connectivity index (χ1v) is 5.76. The largest absolute Gasteiger partial charge is 0.478 e. The van der Waals surface area contributed by atoms with Crippen molar-refractivity contribution >= 4 is 17.7 Å². The van der Waals surface area contributed by atoms with Gasteiger partial charge in [-0.25, -0.2) is 9.78 Å². The van der Waals surface area contributed by atoms with Gasteiger partial charge in [0.25, 0.3) is 0 Å². The van der Waals surface area contributed by atoms with E-state index in [4.69, 9.17) is 10.8 Å². The Morgan fingerprint density at radius 3 is 2.83 bits per heavy atom. The van der Waals surface area contributed by atoms with Crippen molar-refractivity contribution in [1.29, 1.82) is 0 Å². The molecule has 1 amide bonds. The number of carbonyl (C=O) groups is 2. The fourth-order valence-corrected chi connectivity index (χ4v) is 2.30. The van der Waals surface area contributed by atoms with Gasteiger partial charge in [0.2, 0.25) is 5.91 Å². The minimum absolute atomic E-state index is 0.145. The van der Waals surface area contributed by atoms with Gasteiger partial charge < -0.3 is 15.7 Å². The summed E-state index contributed by atoms with van der Waals surface area (Å²) >= 11 is 0. The summed E-state index contributed by atoms with van der Waals surface area (Å²) in [6, 6.07) is 1.22. The maximum absolute atomic E-state index is 11.3. The molecule has 1 unspecified atom stereocenters. The second kappa shape index (κ2) is 4.64. The number of carboxylic acid groups (broad SMARTS) is 1. The molecule has 0 radical (unpaired) electrons. The molecule has 3 N–H and O–H groups in total. The predicted molar refractivity (Wildman–Crippen MR) is 65.5 cm³/mol. The van der Waals surface area contributed by atoms with Gasteiger partial charge in [-0.15, -0.1) is 0 Å². The van der Waals surface area contributed by atoms with Crippen LogP contribution in [0.3, 0.4) is 0 Å². The average Bonchev–Trinajstić information content (AvgIpc) is 2.77. The van der Waals surface area contributed by atoms with E-state index < -0.39 is 5.97 Å². The van der Waals surface area contributed by atoms with Crippen molar-refractivity contribution in [2.24, 2.45) is 5.73 Å². The average molecular weight is 249 g/mol. The Bertz CT molecular complexity index is 501. The lowest BCUT2D eigenvalue weighted by atomic mass is 10.1. The van der Waals surface area contributed by atoms with E-state index in [1.54, 1.807) is 13.0 Å². The normalized spacial score (nSPS) is 18.9. The topological polar surface area (TPSA) is 96.5 Å². The van der Waals surface area contributed by atoms with E-state index >= 15 is 0 Å². The number of aryl methyl sites for hydroxylation is 1. The van der Waals surface area contributed by atoms with E-state index in [-0.39, 0.29) is 17.5 Å². The Hall–Kier alpha value is -2.11. The Balaban J connectivity index is 2.33. The van der Waals surface area contributed by atoms with Crippen molar-refractivity contribution in [3.05, 3.63) is 23.4 Å². The first-order valence-electron chi connectivity index (χ1n) is 5.76. The summed E-state index contributed by atoms with van der Waals surface area (Å²) in [7, 11) is 0. The van der Waals surface area contributed by atoms with Crippen LogP contribution in [0, 0.1) is 6.92 Å². The molecule has 0 saturated carbocycles. The molecule has 0 bridgehead atoms. The highest BCUT2D eigenvalue weighted by Crippen LogP contribution is 2.26. The molecule has 1 aromatic rings. The van der Waals surface area contributed by atoms with Crippen molar-refractivity contribution in [2.45, 2.75) is 25.8 Å². The van der Waals surface area contributed by atoms with Gasteiger partial charge in [-0.3, -0.25) is 4.79 Å². The Kier molecular flexibility index (Phi) is 3.18. The maximum Gasteiger partial charge on any atom is 0.337 e. The third-order valence-electron chi connectivity index (χ3n) is 3.15. The molecule has 1 aliphatic rings. The number of anilines is 1. The SMILES string of the molecule is Cc1cc(C(=O)O)cnc1N1CCCC1C(N)=O. The fourth-order valence-electron chi connectivity index (χ4n) is 2.30. The lowest BCUT2D eigenvalue weighted by molar-refractivity contribution is -0.119. The van der Waals surface area contributed by atoms with E-state index in [0.717, 1.165) is 18.4 Å². The molecule has 0 aliphatic carbocycles. The summed E-state index contributed by atoms with van der Waals surface area (Å²) in [5, 5.41) is 8.88. The van der Waals surface area contributed by atoms with Crippen LogP contribution in [0.25, 0.3) is 0 Å². The van der Waals surface area contributed by atoms with Gasteiger partial charge in [-0.05, 0) is 31.4 Å². The Morgan fingerprint density at radius 2 is 2.28 bits per heavy atom. The van der Waals surface area contributed by atoms with Gasteiger partial charge in [0.15, 0.2) is 0 Å². The van der Waals surface area contributed by atoms with Crippen LogP contribution < -0.4 is 10.6 Å². The van der Waals surface area contributed by atoms with Gasteiger partial charge in [-0.2, -0.15) is 0 Å². The minimum Gasteiger partial charge on any atom is -0.478 e. The number of nitrogens with two attached hydrogens (primary N) is 1. The third kappa shape index (κ3) is 2.13. The number of hydrogen-bond donors (Lipinski definition) is 2. The molecular formula is C12H15N3O3. The molecule has 1 aromatic heterocycles. The van der Waals surface area contributed by atoms with Gasteiger partial charge in [0.05, 0.1) is 5.56 Å². The van der Waals surface area contributed by atoms with E-state index in [0.29, 0.717) is 12.4 Å². The zero-order valence-corrected chi connectivity index (χ0v) is 10.1. The summed E-state index contributed by atoms with van der Waals surface area (Å²) in [6.45, 7) is 2.50. The zero-order chi connectivity index (χ0) is 13.3. The second-order valence-electron chi connectivity index (χ2n) is 4.42. The lowest BCUT2D eigenvalue weighted by Crippen LogP contribution is -2.41. The first kappa shape index (κ1) is 12.3. The lowest BCUT2D eigenvalue weighted by Gasteiger charge is -2.24. The molecule has 1 fully saturated rings. The van der Waals surface area contributed by atoms with Crippen LogP contribution in [0.2, 0.25) is 0 Å². The number of pyridine rings is 1. The van der Waals surface area contributed by atoms with Crippen LogP contribution in [0.4, 0.5) is 5.82 Å². The monoisotopic (exact) mass is 249 g/mol. The summed E-state index contributed by atoms with van der Waals surface area (Å²) < 4.78 is 0. The number of hydrogen-bond acceptors (Lipinski definition) is 4. The number of aromatic carboxylic acids is 1. The number of nitrogens with zero attached hydrogens (tertiary/aromatic N) is 2. The number of carboxylic acids is 1. The molecular weight excluding hydrogens is 234 g/mol. The van der Waals surface area contributed by atoms with Crippen LogP contribution in [0.15, 0.2) is 12.3 Å². The molecule has 1 aliphatic heterocycles. The molecule has 1 saturated heterocycles.